The molecule has 2 unspecified atom stereocenters. The van der Waals surface area contributed by atoms with Crippen LogP contribution < -0.4 is 5.73 Å². The molecule has 1 aliphatic heterocycles. The van der Waals surface area contributed by atoms with E-state index in [9.17, 15) is 4.39 Å². The summed E-state index contributed by atoms with van der Waals surface area (Å²) in [6.07, 6.45) is 1.27. The molecule has 0 aliphatic carbocycles. The number of benzene rings is 1. The molecular formula is C15H23FN2. The molecule has 2 nitrogen and oxygen atoms in total. The van der Waals surface area contributed by atoms with Gasteiger partial charge in [0, 0.05) is 19.1 Å². The first-order valence-electron chi connectivity index (χ1n) is 6.79. The van der Waals surface area contributed by atoms with Gasteiger partial charge in [-0.2, -0.15) is 0 Å². The van der Waals surface area contributed by atoms with E-state index in [1.807, 2.05) is 0 Å². The first-order valence-corrected chi connectivity index (χ1v) is 6.79. The van der Waals surface area contributed by atoms with Crippen LogP contribution in [0.15, 0.2) is 24.3 Å². The van der Waals surface area contributed by atoms with E-state index < -0.39 is 0 Å². The van der Waals surface area contributed by atoms with Gasteiger partial charge in [-0.15, -0.1) is 0 Å². The first kappa shape index (κ1) is 13.5. The average Bonchev–Trinajstić information content (AvgIpc) is 2.78. The molecule has 100 valence electrons. The zero-order chi connectivity index (χ0) is 13.1. The number of nitrogens with two attached hydrogens (primary N) is 1. The van der Waals surface area contributed by atoms with Gasteiger partial charge >= 0.3 is 0 Å². The smallest absolute Gasteiger partial charge is 0.123 e. The zero-order valence-corrected chi connectivity index (χ0v) is 11.3. The third-order valence-corrected chi connectivity index (χ3v) is 4.00. The molecule has 1 aliphatic rings. The Balaban J connectivity index is 1.88. The van der Waals surface area contributed by atoms with Crippen LogP contribution >= 0.6 is 0 Å². The van der Waals surface area contributed by atoms with Crippen LogP contribution in [0.5, 0.6) is 0 Å². The molecule has 0 spiro atoms. The molecule has 0 aromatic heterocycles. The minimum absolute atomic E-state index is 0.0171. The molecule has 1 aromatic rings. The van der Waals surface area contributed by atoms with Gasteiger partial charge in [-0.05, 0) is 42.5 Å². The van der Waals surface area contributed by atoms with Crippen LogP contribution in [-0.4, -0.2) is 24.5 Å². The monoisotopic (exact) mass is 250 g/mol. The van der Waals surface area contributed by atoms with Crippen molar-refractivity contribution < 1.29 is 4.39 Å². The quantitative estimate of drug-likeness (QED) is 0.890. The molecule has 0 radical (unpaired) electrons. The van der Waals surface area contributed by atoms with E-state index in [1.54, 1.807) is 12.1 Å². The summed E-state index contributed by atoms with van der Waals surface area (Å²) in [6, 6.07) is 6.52. The highest BCUT2D eigenvalue weighted by atomic mass is 19.1. The van der Waals surface area contributed by atoms with Gasteiger partial charge in [0.25, 0.3) is 0 Å². The highest BCUT2D eigenvalue weighted by molar-refractivity contribution is 5.19. The Labute approximate surface area is 109 Å². The Kier molecular flexibility index (Phi) is 4.36. The van der Waals surface area contributed by atoms with E-state index in [2.05, 4.69) is 18.7 Å². The lowest BCUT2D eigenvalue weighted by Crippen LogP contribution is -2.31. The van der Waals surface area contributed by atoms with Crippen molar-refractivity contribution in [2.24, 2.45) is 17.6 Å². The van der Waals surface area contributed by atoms with E-state index in [0.717, 1.165) is 37.0 Å². The maximum absolute atomic E-state index is 12.8. The molecule has 1 aromatic carbocycles. The van der Waals surface area contributed by atoms with Gasteiger partial charge in [0.1, 0.15) is 5.82 Å². The predicted molar refractivity (Wildman–Crippen MR) is 72.7 cm³/mol. The van der Waals surface area contributed by atoms with Crippen LogP contribution in [-0.2, 0) is 0 Å². The van der Waals surface area contributed by atoms with Crippen molar-refractivity contribution >= 4 is 0 Å². The Morgan fingerprint density at radius 1 is 1.33 bits per heavy atom. The van der Waals surface area contributed by atoms with Crippen LogP contribution in [0, 0.1) is 17.7 Å². The van der Waals surface area contributed by atoms with Crippen molar-refractivity contribution in [2.45, 2.75) is 26.3 Å². The SMILES string of the molecule is CC(C)C1CCN(CC(N)c2ccc(F)cc2)C1. The average molecular weight is 250 g/mol. The normalized spacial score (nSPS) is 22.6. The van der Waals surface area contributed by atoms with Gasteiger partial charge in [0.15, 0.2) is 0 Å². The summed E-state index contributed by atoms with van der Waals surface area (Å²) >= 11 is 0. The van der Waals surface area contributed by atoms with Crippen LogP contribution in [0.25, 0.3) is 0 Å². The highest BCUT2D eigenvalue weighted by Crippen LogP contribution is 2.25. The van der Waals surface area contributed by atoms with Crippen molar-refractivity contribution in [3.05, 3.63) is 35.6 Å². The van der Waals surface area contributed by atoms with E-state index in [1.165, 1.54) is 18.6 Å². The molecule has 1 fully saturated rings. The molecule has 2 N–H and O–H groups in total. The second-order valence-corrected chi connectivity index (χ2v) is 5.71. The Bertz CT molecular complexity index is 375. The van der Waals surface area contributed by atoms with Crippen molar-refractivity contribution in [3.8, 4) is 0 Å². The second-order valence-electron chi connectivity index (χ2n) is 5.71. The highest BCUT2D eigenvalue weighted by Gasteiger charge is 2.25. The van der Waals surface area contributed by atoms with E-state index in [0.29, 0.717) is 0 Å². The zero-order valence-electron chi connectivity index (χ0n) is 11.3. The van der Waals surface area contributed by atoms with Gasteiger partial charge in [-0.25, -0.2) is 4.39 Å². The second kappa shape index (κ2) is 5.81. The molecule has 3 heteroatoms. The van der Waals surface area contributed by atoms with Crippen LogP contribution in [0.4, 0.5) is 4.39 Å². The Morgan fingerprint density at radius 3 is 2.56 bits per heavy atom. The van der Waals surface area contributed by atoms with Crippen LogP contribution in [0.3, 0.4) is 0 Å². The van der Waals surface area contributed by atoms with Crippen LogP contribution in [0.2, 0.25) is 0 Å². The van der Waals surface area contributed by atoms with Gasteiger partial charge in [-0.1, -0.05) is 26.0 Å². The number of nitrogens with zero attached hydrogens (tertiary/aromatic N) is 1. The van der Waals surface area contributed by atoms with Crippen molar-refractivity contribution in [1.29, 1.82) is 0 Å². The van der Waals surface area contributed by atoms with Gasteiger partial charge < -0.3 is 10.6 Å². The lowest BCUT2D eigenvalue weighted by Gasteiger charge is -2.22. The first-order chi connectivity index (χ1) is 8.56. The molecule has 1 heterocycles. The summed E-state index contributed by atoms with van der Waals surface area (Å²) in [7, 11) is 0. The minimum Gasteiger partial charge on any atom is -0.323 e. The topological polar surface area (TPSA) is 29.3 Å². The third-order valence-electron chi connectivity index (χ3n) is 4.00. The number of likely N-dealkylation sites (tertiary alicyclic amines) is 1. The lowest BCUT2D eigenvalue weighted by atomic mass is 9.95. The van der Waals surface area contributed by atoms with Crippen molar-refractivity contribution in [2.75, 3.05) is 19.6 Å². The number of rotatable bonds is 4. The molecule has 2 rings (SSSR count). The summed E-state index contributed by atoms with van der Waals surface area (Å²) in [5.74, 6) is 1.34. The maximum atomic E-state index is 12.8. The van der Waals surface area contributed by atoms with Gasteiger partial charge in [0.05, 0.1) is 0 Å². The Hall–Kier alpha value is -0.930. The van der Waals surface area contributed by atoms with Crippen LogP contribution in [0.1, 0.15) is 31.9 Å². The number of hydrogen-bond acceptors (Lipinski definition) is 2. The summed E-state index contributed by atoms with van der Waals surface area (Å²) in [6.45, 7) is 7.72. The molecule has 2 atom stereocenters. The predicted octanol–water partition coefficient (Wildman–Crippen LogP) is 2.80. The molecule has 0 saturated carbocycles. The molecule has 1 saturated heterocycles. The lowest BCUT2D eigenvalue weighted by molar-refractivity contribution is 0.287. The molecule has 18 heavy (non-hydrogen) atoms. The summed E-state index contributed by atoms with van der Waals surface area (Å²) in [5.41, 5.74) is 7.20. The standard InChI is InChI=1S/C15H23FN2/c1-11(2)13-7-8-18(9-13)10-15(17)12-3-5-14(16)6-4-12/h3-6,11,13,15H,7-10,17H2,1-2H3. The molecule has 0 bridgehead atoms. The van der Waals surface area contributed by atoms with Crippen molar-refractivity contribution in [1.82, 2.24) is 4.90 Å². The van der Waals surface area contributed by atoms with Gasteiger partial charge in [0.2, 0.25) is 0 Å². The Morgan fingerprint density at radius 2 is 2.00 bits per heavy atom. The minimum atomic E-state index is -0.202. The van der Waals surface area contributed by atoms with E-state index >= 15 is 0 Å². The molecular weight excluding hydrogens is 227 g/mol. The van der Waals surface area contributed by atoms with Crippen molar-refractivity contribution in [3.63, 3.8) is 0 Å². The summed E-state index contributed by atoms with van der Waals surface area (Å²) in [4.78, 5) is 2.43. The van der Waals surface area contributed by atoms with Gasteiger partial charge in [-0.3, -0.25) is 0 Å². The fourth-order valence-electron chi connectivity index (χ4n) is 2.67. The number of halogens is 1. The van der Waals surface area contributed by atoms with E-state index in [-0.39, 0.29) is 11.9 Å². The van der Waals surface area contributed by atoms with E-state index in [4.69, 9.17) is 5.73 Å². The maximum Gasteiger partial charge on any atom is 0.123 e. The third kappa shape index (κ3) is 3.30. The summed E-state index contributed by atoms with van der Waals surface area (Å²) < 4.78 is 12.8. The summed E-state index contributed by atoms with van der Waals surface area (Å²) in [5, 5.41) is 0. The molecule has 0 amide bonds. The number of hydrogen-bond donors (Lipinski definition) is 1. The fraction of sp³-hybridized carbons (Fsp3) is 0.600. The largest absolute Gasteiger partial charge is 0.323 e. The fourth-order valence-corrected chi connectivity index (χ4v) is 2.67.